The van der Waals surface area contributed by atoms with Gasteiger partial charge in [0.1, 0.15) is 6.04 Å². The molecule has 1 amide bonds. The average molecular weight is 263 g/mol. The summed E-state index contributed by atoms with van der Waals surface area (Å²) in [5.41, 5.74) is -0.0267. The number of hydrogen-bond acceptors (Lipinski definition) is 3. The molecule has 1 aromatic rings. The van der Waals surface area contributed by atoms with Gasteiger partial charge in [-0.25, -0.2) is 0 Å². The summed E-state index contributed by atoms with van der Waals surface area (Å²) in [5, 5.41) is 3.25. The zero-order chi connectivity index (χ0) is 13.7. The van der Waals surface area contributed by atoms with Gasteiger partial charge in [0.25, 0.3) is 0 Å². The van der Waals surface area contributed by atoms with Crippen molar-refractivity contribution in [1.29, 1.82) is 0 Å². The zero-order valence-electron chi connectivity index (χ0n) is 11.3. The molecule has 0 bridgehead atoms. The van der Waals surface area contributed by atoms with Crippen molar-refractivity contribution in [3.63, 3.8) is 0 Å². The Morgan fingerprint density at radius 2 is 1.95 bits per heavy atom. The Kier molecular flexibility index (Phi) is 4.74. The van der Waals surface area contributed by atoms with Crippen LogP contribution in [0.2, 0.25) is 0 Å². The van der Waals surface area contributed by atoms with Crippen LogP contribution in [0.1, 0.15) is 25.8 Å². The molecule has 104 valence electrons. The quantitative estimate of drug-likeness (QED) is 0.866. The lowest BCUT2D eigenvalue weighted by Crippen LogP contribution is -2.48. The Balaban J connectivity index is 2.16. The molecule has 1 fully saturated rings. The van der Waals surface area contributed by atoms with Gasteiger partial charge in [-0.1, -0.05) is 13.3 Å². The summed E-state index contributed by atoms with van der Waals surface area (Å²) in [6.07, 6.45) is 5.16. The van der Waals surface area contributed by atoms with E-state index < -0.39 is 0 Å². The van der Waals surface area contributed by atoms with Gasteiger partial charge in [0.15, 0.2) is 5.43 Å². The predicted molar refractivity (Wildman–Crippen MR) is 74.1 cm³/mol. The van der Waals surface area contributed by atoms with Crippen LogP contribution in [-0.4, -0.2) is 41.6 Å². The molecule has 1 aliphatic heterocycles. The third kappa shape index (κ3) is 3.44. The standard InChI is InChI=1S/C14H21N3O2/c1-2-3-13(16-8-4-12(18)5-9-16)14(19)17-10-6-15-7-11-17/h4-5,8-9,13,15H,2-3,6-7,10-11H2,1H3. The summed E-state index contributed by atoms with van der Waals surface area (Å²) in [7, 11) is 0. The highest BCUT2D eigenvalue weighted by atomic mass is 16.2. The lowest BCUT2D eigenvalue weighted by Gasteiger charge is -2.31. The molecule has 2 heterocycles. The van der Waals surface area contributed by atoms with Gasteiger partial charge >= 0.3 is 0 Å². The third-order valence-electron chi connectivity index (χ3n) is 3.46. The summed E-state index contributed by atoms with van der Waals surface area (Å²) in [6.45, 7) is 5.31. The minimum Gasteiger partial charge on any atom is -0.342 e. The maximum absolute atomic E-state index is 12.6. The maximum Gasteiger partial charge on any atom is 0.245 e. The number of aromatic nitrogens is 1. The number of amides is 1. The molecular formula is C14H21N3O2. The molecule has 0 spiro atoms. The van der Waals surface area contributed by atoms with Crippen LogP contribution in [-0.2, 0) is 4.79 Å². The summed E-state index contributed by atoms with van der Waals surface area (Å²) in [4.78, 5) is 25.6. The largest absolute Gasteiger partial charge is 0.342 e. The van der Waals surface area contributed by atoms with Crippen LogP contribution < -0.4 is 10.7 Å². The van der Waals surface area contributed by atoms with Crippen molar-refractivity contribution in [2.75, 3.05) is 26.2 Å². The Morgan fingerprint density at radius 3 is 2.53 bits per heavy atom. The number of carbonyl (C=O) groups excluding carboxylic acids is 1. The van der Waals surface area contributed by atoms with Crippen molar-refractivity contribution in [2.24, 2.45) is 0 Å². The number of piperazine rings is 1. The molecule has 0 aliphatic carbocycles. The minimum atomic E-state index is -0.191. The molecule has 1 unspecified atom stereocenters. The number of pyridine rings is 1. The molecule has 1 atom stereocenters. The summed E-state index contributed by atoms with van der Waals surface area (Å²) >= 11 is 0. The number of carbonyl (C=O) groups is 1. The second kappa shape index (κ2) is 6.52. The first kappa shape index (κ1) is 13.8. The van der Waals surface area contributed by atoms with E-state index in [1.165, 1.54) is 12.1 Å². The maximum atomic E-state index is 12.6. The van der Waals surface area contributed by atoms with Crippen LogP contribution in [0, 0.1) is 0 Å². The number of nitrogens with one attached hydrogen (secondary N) is 1. The first-order chi connectivity index (χ1) is 9.22. The van der Waals surface area contributed by atoms with Crippen molar-refractivity contribution in [2.45, 2.75) is 25.8 Å². The van der Waals surface area contributed by atoms with E-state index in [0.29, 0.717) is 0 Å². The van der Waals surface area contributed by atoms with Gasteiger partial charge in [-0.3, -0.25) is 9.59 Å². The number of nitrogens with zero attached hydrogens (tertiary/aromatic N) is 2. The molecule has 0 aromatic carbocycles. The van der Waals surface area contributed by atoms with Crippen LogP contribution in [0.3, 0.4) is 0 Å². The number of hydrogen-bond donors (Lipinski definition) is 1. The molecule has 2 rings (SSSR count). The van der Waals surface area contributed by atoms with Gasteiger partial charge in [0.05, 0.1) is 0 Å². The third-order valence-corrected chi connectivity index (χ3v) is 3.46. The fourth-order valence-corrected chi connectivity index (χ4v) is 2.40. The van der Waals surface area contributed by atoms with Crippen molar-refractivity contribution >= 4 is 5.91 Å². The Labute approximate surface area is 113 Å². The van der Waals surface area contributed by atoms with E-state index in [-0.39, 0.29) is 17.4 Å². The van der Waals surface area contributed by atoms with Crippen molar-refractivity contribution in [3.8, 4) is 0 Å². The van der Waals surface area contributed by atoms with Gasteiger partial charge in [0, 0.05) is 50.7 Å². The van der Waals surface area contributed by atoms with E-state index in [0.717, 1.165) is 39.0 Å². The van der Waals surface area contributed by atoms with Crippen molar-refractivity contribution < 1.29 is 4.79 Å². The summed E-state index contributed by atoms with van der Waals surface area (Å²) in [6, 6.07) is 2.82. The van der Waals surface area contributed by atoms with Gasteiger partial charge < -0.3 is 14.8 Å². The van der Waals surface area contributed by atoms with E-state index in [1.807, 2.05) is 9.47 Å². The highest BCUT2D eigenvalue weighted by Gasteiger charge is 2.25. The SMILES string of the molecule is CCCC(C(=O)N1CCNCC1)n1ccc(=O)cc1. The van der Waals surface area contributed by atoms with Gasteiger partial charge in [0.2, 0.25) is 5.91 Å². The van der Waals surface area contributed by atoms with Crippen molar-refractivity contribution in [1.82, 2.24) is 14.8 Å². The summed E-state index contributed by atoms with van der Waals surface area (Å²) < 4.78 is 1.86. The average Bonchev–Trinajstić information content (AvgIpc) is 2.46. The monoisotopic (exact) mass is 263 g/mol. The second-order valence-corrected chi connectivity index (χ2v) is 4.86. The highest BCUT2D eigenvalue weighted by Crippen LogP contribution is 2.17. The smallest absolute Gasteiger partial charge is 0.245 e. The normalized spacial score (nSPS) is 17.2. The Hall–Kier alpha value is -1.62. The Morgan fingerprint density at radius 1 is 1.32 bits per heavy atom. The molecule has 19 heavy (non-hydrogen) atoms. The molecule has 1 saturated heterocycles. The Bertz CT molecular complexity index is 457. The van der Waals surface area contributed by atoms with Gasteiger partial charge in [-0.15, -0.1) is 0 Å². The first-order valence-corrected chi connectivity index (χ1v) is 6.89. The fourth-order valence-electron chi connectivity index (χ4n) is 2.40. The lowest BCUT2D eigenvalue weighted by atomic mass is 10.1. The second-order valence-electron chi connectivity index (χ2n) is 4.86. The van der Waals surface area contributed by atoms with E-state index in [1.54, 1.807) is 12.4 Å². The molecule has 1 aliphatic rings. The van der Waals surface area contributed by atoms with E-state index in [2.05, 4.69) is 12.2 Å². The van der Waals surface area contributed by atoms with E-state index in [4.69, 9.17) is 0 Å². The fraction of sp³-hybridized carbons (Fsp3) is 0.571. The molecule has 1 N–H and O–H groups in total. The molecule has 1 aromatic heterocycles. The summed E-state index contributed by atoms with van der Waals surface area (Å²) in [5.74, 6) is 0.159. The topological polar surface area (TPSA) is 54.3 Å². The van der Waals surface area contributed by atoms with Crippen LogP contribution in [0.4, 0.5) is 0 Å². The molecule has 5 heteroatoms. The van der Waals surface area contributed by atoms with Gasteiger partial charge in [-0.2, -0.15) is 0 Å². The molecular weight excluding hydrogens is 242 g/mol. The zero-order valence-corrected chi connectivity index (χ0v) is 11.3. The highest BCUT2D eigenvalue weighted by molar-refractivity contribution is 5.80. The van der Waals surface area contributed by atoms with Crippen LogP contribution in [0.5, 0.6) is 0 Å². The lowest BCUT2D eigenvalue weighted by molar-refractivity contribution is -0.135. The minimum absolute atomic E-state index is 0.0267. The number of rotatable bonds is 4. The molecule has 0 saturated carbocycles. The van der Waals surface area contributed by atoms with Crippen molar-refractivity contribution in [3.05, 3.63) is 34.7 Å². The van der Waals surface area contributed by atoms with E-state index in [9.17, 15) is 9.59 Å². The van der Waals surface area contributed by atoms with Crippen LogP contribution in [0.15, 0.2) is 29.3 Å². The van der Waals surface area contributed by atoms with E-state index >= 15 is 0 Å². The molecule has 5 nitrogen and oxygen atoms in total. The van der Waals surface area contributed by atoms with Crippen LogP contribution in [0.25, 0.3) is 0 Å². The van der Waals surface area contributed by atoms with Crippen LogP contribution >= 0.6 is 0 Å². The van der Waals surface area contributed by atoms with Gasteiger partial charge in [-0.05, 0) is 6.42 Å². The predicted octanol–water partition coefficient (Wildman–Crippen LogP) is 0.621. The first-order valence-electron chi connectivity index (χ1n) is 6.89. The molecule has 0 radical (unpaired) electrons.